The molecule has 2 rings (SSSR count). The van der Waals surface area contributed by atoms with Crippen molar-refractivity contribution in [2.45, 2.75) is 71.0 Å². The van der Waals surface area contributed by atoms with Crippen LogP contribution in [0.4, 0.5) is 0 Å². The van der Waals surface area contributed by atoms with E-state index in [4.69, 9.17) is 0 Å². The van der Waals surface area contributed by atoms with Crippen molar-refractivity contribution in [2.24, 2.45) is 0 Å². The van der Waals surface area contributed by atoms with E-state index < -0.39 is 0 Å². The van der Waals surface area contributed by atoms with Gasteiger partial charge in [-0.05, 0) is 25.3 Å². The van der Waals surface area contributed by atoms with Crippen molar-refractivity contribution in [3.63, 3.8) is 0 Å². The van der Waals surface area contributed by atoms with E-state index >= 15 is 0 Å². The van der Waals surface area contributed by atoms with E-state index in [9.17, 15) is 0 Å². The maximum absolute atomic E-state index is 3.77. The van der Waals surface area contributed by atoms with Crippen molar-refractivity contribution in [3.8, 4) is 0 Å². The van der Waals surface area contributed by atoms with Crippen molar-refractivity contribution < 1.29 is 0 Å². The van der Waals surface area contributed by atoms with Gasteiger partial charge in [0.15, 0.2) is 0 Å². The van der Waals surface area contributed by atoms with E-state index in [1.54, 1.807) is 0 Å². The zero-order chi connectivity index (χ0) is 15.1. The highest BCUT2D eigenvalue weighted by Gasteiger charge is 2.31. The Morgan fingerprint density at radius 2 is 1.95 bits per heavy atom. The lowest BCUT2D eigenvalue weighted by molar-refractivity contribution is 0.0806. The number of rotatable bonds is 7. The van der Waals surface area contributed by atoms with E-state index in [2.05, 4.69) is 61.3 Å². The van der Waals surface area contributed by atoms with Gasteiger partial charge < -0.3 is 5.32 Å². The summed E-state index contributed by atoms with van der Waals surface area (Å²) in [7, 11) is 0. The Bertz CT molecular complexity index is 390. The van der Waals surface area contributed by atoms with E-state index in [1.807, 2.05) is 0 Å². The molecule has 0 saturated carbocycles. The molecule has 1 fully saturated rings. The quantitative estimate of drug-likeness (QED) is 0.801. The first-order chi connectivity index (χ1) is 10.3. The average molecular weight is 288 g/mol. The van der Waals surface area contributed by atoms with E-state index in [1.165, 1.54) is 44.2 Å². The number of hydrogen-bond acceptors (Lipinski definition) is 2. The van der Waals surface area contributed by atoms with Crippen LogP contribution < -0.4 is 5.32 Å². The van der Waals surface area contributed by atoms with Crippen molar-refractivity contribution >= 4 is 0 Å². The zero-order valence-corrected chi connectivity index (χ0v) is 14.0. The number of nitrogens with one attached hydrogen (secondary N) is 1. The molecule has 0 aliphatic carbocycles. The summed E-state index contributed by atoms with van der Waals surface area (Å²) in [6, 6.07) is 12.9. The molecule has 0 bridgehead atoms. The smallest absolute Gasteiger partial charge is 0.0476 e. The summed E-state index contributed by atoms with van der Waals surface area (Å²) in [5.74, 6) is 0. The normalized spacial score (nSPS) is 24.9. The molecule has 0 spiro atoms. The van der Waals surface area contributed by atoms with Crippen molar-refractivity contribution in [1.82, 2.24) is 10.2 Å². The summed E-state index contributed by atoms with van der Waals surface area (Å²) in [5, 5.41) is 3.77. The zero-order valence-electron chi connectivity index (χ0n) is 14.0. The lowest BCUT2D eigenvalue weighted by Gasteiger charge is -2.44. The second-order valence-corrected chi connectivity index (χ2v) is 6.51. The van der Waals surface area contributed by atoms with Crippen LogP contribution in [0.1, 0.15) is 64.5 Å². The van der Waals surface area contributed by atoms with Crippen LogP contribution in [-0.4, -0.2) is 30.1 Å². The SMILES string of the molecule is CCCCC(C)N1CC(CCC)NCC1c1ccccc1. The van der Waals surface area contributed by atoms with Gasteiger partial charge in [-0.3, -0.25) is 4.90 Å². The highest BCUT2D eigenvalue weighted by Crippen LogP contribution is 2.28. The molecule has 1 aliphatic heterocycles. The maximum Gasteiger partial charge on any atom is 0.0476 e. The molecule has 1 saturated heterocycles. The third kappa shape index (κ3) is 4.55. The third-order valence-corrected chi connectivity index (χ3v) is 4.79. The number of piperazine rings is 1. The molecule has 3 unspecified atom stereocenters. The fourth-order valence-electron chi connectivity index (χ4n) is 3.52. The van der Waals surface area contributed by atoms with Crippen LogP contribution in [0.15, 0.2) is 30.3 Å². The Labute approximate surface area is 130 Å². The minimum absolute atomic E-state index is 0.533. The van der Waals surface area contributed by atoms with Gasteiger partial charge >= 0.3 is 0 Å². The van der Waals surface area contributed by atoms with Gasteiger partial charge in [0.2, 0.25) is 0 Å². The van der Waals surface area contributed by atoms with Crippen LogP contribution in [0.2, 0.25) is 0 Å². The van der Waals surface area contributed by atoms with Gasteiger partial charge in [-0.15, -0.1) is 0 Å². The Morgan fingerprint density at radius 3 is 2.62 bits per heavy atom. The summed E-state index contributed by atoms with van der Waals surface area (Å²) in [5.41, 5.74) is 1.46. The second-order valence-electron chi connectivity index (χ2n) is 6.51. The number of hydrogen-bond donors (Lipinski definition) is 1. The molecular weight excluding hydrogens is 256 g/mol. The standard InChI is InChI=1S/C19H32N2/c1-4-6-11-16(3)21-15-18(10-5-2)20-14-19(21)17-12-8-7-9-13-17/h7-9,12-13,16,18-20H,4-6,10-11,14-15H2,1-3H3. The summed E-state index contributed by atoms with van der Waals surface area (Å²) in [6.45, 7) is 9.28. The number of benzene rings is 1. The van der Waals surface area contributed by atoms with Crippen LogP contribution in [-0.2, 0) is 0 Å². The molecule has 0 radical (unpaired) electrons. The Kier molecular flexibility index (Phi) is 6.72. The molecule has 1 N–H and O–H groups in total. The summed E-state index contributed by atoms with van der Waals surface area (Å²) >= 11 is 0. The molecule has 0 aromatic heterocycles. The van der Waals surface area contributed by atoms with Crippen LogP contribution in [0.5, 0.6) is 0 Å². The number of nitrogens with zero attached hydrogens (tertiary/aromatic N) is 1. The van der Waals surface area contributed by atoms with Gasteiger partial charge in [-0.1, -0.05) is 63.4 Å². The minimum atomic E-state index is 0.533. The molecule has 3 atom stereocenters. The molecule has 2 nitrogen and oxygen atoms in total. The van der Waals surface area contributed by atoms with Gasteiger partial charge in [0.25, 0.3) is 0 Å². The summed E-state index contributed by atoms with van der Waals surface area (Å²) in [4.78, 5) is 2.75. The van der Waals surface area contributed by atoms with E-state index in [0.717, 1.165) is 6.54 Å². The van der Waals surface area contributed by atoms with Gasteiger partial charge in [-0.25, -0.2) is 0 Å². The van der Waals surface area contributed by atoms with Crippen LogP contribution in [0.25, 0.3) is 0 Å². The van der Waals surface area contributed by atoms with Crippen molar-refractivity contribution in [3.05, 3.63) is 35.9 Å². The highest BCUT2D eigenvalue weighted by atomic mass is 15.3. The first kappa shape index (κ1) is 16.5. The molecule has 2 heteroatoms. The first-order valence-corrected chi connectivity index (χ1v) is 8.80. The van der Waals surface area contributed by atoms with Gasteiger partial charge in [0.1, 0.15) is 0 Å². The van der Waals surface area contributed by atoms with Gasteiger partial charge in [-0.2, -0.15) is 0 Å². The molecule has 1 aliphatic rings. The van der Waals surface area contributed by atoms with Gasteiger partial charge in [0, 0.05) is 31.2 Å². The van der Waals surface area contributed by atoms with Crippen molar-refractivity contribution in [1.29, 1.82) is 0 Å². The first-order valence-electron chi connectivity index (χ1n) is 8.80. The van der Waals surface area contributed by atoms with E-state index in [0.29, 0.717) is 18.1 Å². The van der Waals surface area contributed by atoms with Crippen LogP contribution in [0, 0.1) is 0 Å². The minimum Gasteiger partial charge on any atom is -0.311 e. The Balaban J connectivity index is 2.09. The van der Waals surface area contributed by atoms with Crippen LogP contribution in [0.3, 0.4) is 0 Å². The fourth-order valence-corrected chi connectivity index (χ4v) is 3.52. The fraction of sp³-hybridized carbons (Fsp3) is 0.684. The number of unbranched alkanes of at least 4 members (excludes halogenated alkanes) is 1. The predicted octanol–water partition coefficient (Wildman–Crippen LogP) is 4.38. The monoisotopic (exact) mass is 288 g/mol. The summed E-state index contributed by atoms with van der Waals surface area (Å²) < 4.78 is 0. The lowest BCUT2D eigenvalue weighted by atomic mass is 9.96. The lowest BCUT2D eigenvalue weighted by Crippen LogP contribution is -2.54. The molecule has 21 heavy (non-hydrogen) atoms. The van der Waals surface area contributed by atoms with Crippen molar-refractivity contribution in [2.75, 3.05) is 13.1 Å². The molecule has 118 valence electrons. The molecule has 0 amide bonds. The third-order valence-electron chi connectivity index (χ3n) is 4.79. The molecular formula is C19H32N2. The van der Waals surface area contributed by atoms with Crippen LogP contribution >= 0.6 is 0 Å². The molecule has 1 heterocycles. The molecule has 1 aromatic rings. The highest BCUT2D eigenvalue weighted by molar-refractivity contribution is 5.20. The van der Waals surface area contributed by atoms with Gasteiger partial charge in [0.05, 0.1) is 0 Å². The molecule has 1 aromatic carbocycles. The summed E-state index contributed by atoms with van der Waals surface area (Å²) in [6.07, 6.45) is 6.51. The predicted molar refractivity (Wildman–Crippen MR) is 91.6 cm³/mol. The topological polar surface area (TPSA) is 15.3 Å². The maximum atomic E-state index is 3.77. The van der Waals surface area contributed by atoms with E-state index in [-0.39, 0.29) is 0 Å². The largest absolute Gasteiger partial charge is 0.311 e. The second kappa shape index (κ2) is 8.55. The average Bonchev–Trinajstić information content (AvgIpc) is 2.53. The Morgan fingerprint density at radius 1 is 1.19 bits per heavy atom. The Hall–Kier alpha value is -0.860.